The zero-order valence-corrected chi connectivity index (χ0v) is 37.9. The van der Waals surface area contributed by atoms with Gasteiger partial charge in [0.25, 0.3) is 11.8 Å². The van der Waals surface area contributed by atoms with E-state index in [1.54, 1.807) is 71.3 Å². The second-order valence-electron chi connectivity index (χ2n) is 17.5. The third kappa shape index (κ3) is 9.11. The van der Waals surface area contributed by atoms with Gasteiger partial charge in [-0.15, -0.1) is 0 Å². The Kier molecular flexibility index (Phi) is 12.8. The molecule has 6 heterocycles. The van der Waals surface area contributed by atoms with Gasteiger partial charge in [0.1, 0.15) is 5.69 Å². The molecule has 3 fully saturated rings. The molecular weight excluding hydrogens is 889 g/mol. The molecule has 2 aromatic heterocycles. The first-order chi connectivity index (χ1) is 32.2. The van der Waals surface area contributed by atoms with Crippen molar-refractivity contribution in [2.45, 2.75) is 44.7 Å². The number of fused-ring (bicyclic) bond motifs is 1. The van der Waals surface area contributed by atoms with Gasteiger partial charge in [-0.05, 0) is 78.9 Å². The summed E-state index contributed by atoms with van der Waals surface area (Å²) in [7, 11) is 3.12. The van der Waals surface area contributed by atoms with Crippen molar-refractivity contribution in [1.82, 2.24) is 39.7 Å². The lowest BCUT2D eigenvalue weighted by atomic mass is 9.92. The normalized spacial score (nSPS) is 17.6. The zero-order chi connectivity index (χ0) is 47.1. The maximum atomic E-state index is 16.6. The van der Waals surface area contributed by atoms with E-state index >= 15 is 13.2 Å². The van der Waals surface area contributed by atoms with Gasteiger partial charge in [0.2, 0.25) is 11.8 Å². The number of nitrogens with zero attached hydrogens (tertiary/aromatic N) is 8. The van der Waals surface area contributed by atoms with Gasteiger partial charge in [0, 0.05) is 133 Å². The van der Waals surface area contributed by atoms with Crippen molar-refractivity contribution >= 4 is 69.1 Å². The topological polar surface area (TPSA) is 150 Å². The zero-order valence-electron chi connectivity index (χ0n) is 37.2. The van der Waals surface area contributed by atoms with Gasteiger partial charge < -0.3 is 24.6 Å². The number of aryl methyl sites for hydroxylation is 1. The molecule has 0 aliphatic carbocycles. The SMILES string of the molecule is CN(C)C(=O)c1cc2c(-c3ccc(N4CCN(C5CCN(C(=O)c6ccc(Cl)c(N7CCC(=O)NC7=O)c6)CC5)CC4)c(F)c3F)cc(C3=CCCN(C(=O)CCn4cccn4)C3)c(F)c2[nH]1. The fourth-order valence-corrected chi connectivity index (χ4v) is 9.83. The van der Waals surface area contributed by atoms with E-state index in [1.807, 2.05) is 11.0 Å². The van der Waals surface area contributed by atoms with E-state index in [0.717, 1.165) is 0 Å². The highest BCUT2D eigenvalue weighted by molar-refractivity contribution is 6.34. The number of carbonyl (C=O) groups excluding carboxylic acids is 5. The summed E-state index contributed by atoms with van der Waals surface area (Å²) >= 11 is 6.41. The van der Waals surface area contributed by atoms with Crippen LogP contribution in [0.15, 0.2) is 67.0 Å². The lowest BCUT2D eigenvalue weighted by molar-refractivity contribution is -0.131. The molecule has 3 saturated heterocycles. The summed E-state index contributed by atoms with van der Waals surface area (Å²) < 4.78 is 51.3. The molecule has 4 aliphatic rings. The molecule has 4 aliphatic heterocycles. The number of H-pyrrole nitrogens is 1. The number of piperazine rings is 1. The molecule has 15 nitrogen and oxygen atoms in total. The van der Waals surface area contributed by atoms with Gasteiger partial charge in [-0.25, -0.2) is 18.0 Å². The monoisotopic (exact) mass is 938 g/mol. The number of anilines is 2. The van der Waals surface area contributed by atoms with Gasteiger partial charge >= 0.3 is 6.03 Å². The van der Waals surface area contributed by atoms with E-state index in [0.29, 0.717) is 93.5 Å². The molecule has 6 amide bonds. The van der Waals surface area contributed by atoms with E-state index < -0.39 is 29.4 Å². The van der Waals surface area contributed by atoms with Crippen LogP contribution >= 0.6 is 11.6 Å². The molecule has 2 N–H and O–H groups in total. The smallest absolute Gasteiger partial charge is 0.328 e. The van der Waals surface area contributed by atoms with E-state index in [9.17, 15) is 24.0 Å². The second kappa shape index (κ2) is 18.9. The van der Waals surface area contributed by atoms with Crippen LogP contribution in [0.3, 0.4) is 0 Å². The summed E-state index contributed by atoms with van der Waals surface area (Å²) in [5, 5.41) is 6.95. The first kappa shape index (κ1) is 45.5. The van der Waals surface area contributed by atoms with E-state index in [4.69, 9.17) is 11.6 Å². The quantitative estimate of drug-likeness (QED) is 0.164. The largest absolute Gasteiger partial charge is 0.367 e. The van der Waals surface area contributed by atoms with Crippen molar-refractivity contribution in [2.75, 3.05) is 82.8 Å². The van der Waals surface area contributed by atoms with Crippen molar-refractivity contribution in [3.8, 4) is 11.1 Å². The number of aromatic amines is 1. The highest BCUT2D eigenvalue weighted by Crippen LogP contribution is 2.40. The number of halogens is 4. The van der Waals surface area contributed by atoms with Crippen LogP contribution in [0.5, 0.6) is 0 Å². The standard InChI is InChI=1S/C48H50ClF3N10O5/c1-56(2)47(66)37-27-35-34(26-33(43(51)45(35)54-37)30-5-3-15-60(28-30)41(64)13-19-61-16-4-14-53-61)32-7-9-38(44(52)42(32)50)58-23-21-57(22-24-58)31-10-17-59(18-11-31)46(65)29-6-8-36(49)39(25-29)62-20-12-40(63)55-48(62)67/h4-9,14,16,25-27,31,54H,3,10-13,15,17-24,28H2,1-2H3,(H,55,63,67). The number of hydrogen-bond acceptors (Lipinski definition) is 8. The molecule has 0 radical (unpaired) electrons. The predicted octanol–water partition coefficient (Wildman–Crippen LogP) is 6.38. The maximum absolute atomic E-state index is 16.6. The molecular formula is C48H50ClF3N10O5. The molecule has 350 valence electrons. The Morgan fingerprint density at radius 2 is 1.61 bits per heavy atom. The van der Waals surface area contributed by atoms with Crippen LogP contribution in [-0.4, -0.2) is 143 Å². The summed E-state index contributed by atoms with van der Waals surface area (Å²) in [6.07, 6.45) is 7.48. The number of urea groups is 1. The molecule has 0 atom stereocenters. The highest BCUT2D eigenvalue weighted by Gasteiger charge is 2.33. The van der Waals surface area contributed by atoms with Gasteiger partial charge in [0.15, 0.2) is 17.5 Å². The third-order valence-corrected chi connectivity index (χ3v) is 13.6. The number of hydrogen-bond donors (Lipinski definition) is 2. The van der Waals surface area contributed by atoms with Crippen LogP contribution in [0.1, 0.15) is 58.5 Å². The number of carbonyl (C=O) groups is 5. The molecule has 67 heavy (non-hydrogen) atoms. The first-order valence-electron chi connectivity index (χ1n) is 22.4. The number of rotatable bonds is 10. The Hall–Kier alpha value is -6.66. The molecule has 0 unspecified atom stereocenters. The Balaban J connectivity index is 0.884. The number of benzene rings is 3. The summed E-state index contributed by atoms with van der Waals surface area (Å²) in [6.45, 7) is 4.16. The van der Waals surface area contributed by atoms with Crippen LogP contribution in [0.4, 0.5) is 29.3 Å². The Morgan fingerprint density at radius 1 is 0.836 bits per heavy atom. The average molecular weight is 939 g/mol. The van der Waals surface area contributed by atoms with Crippen molar-refractivity contribution in [1.29, 1.82) is 0 Å². The Bertz CT molecular complexity index is 2800. The van der Waals surface area contributed by atoms with E-state index in [1.165, 1.54) is 28.0 Å². The molecule has 5 aromatic rings. The third-order valence-electron chi connectivity index (χ3n) is 13.3. The number of aromatic nitrogens is 3. The molecule has 0 bridgehead atoms. The number of nitrogens with one attached hydrogen (secondary N) is 2. The van der Waals surface area contributed by atoms with E-state index in [-0.39, 0.29) is 88.7 Å². The van der Waals surface area contributed by atoms with Gasteiger partial charge in [-0.3, -0.25) is 39.0 Å². The van der Waals surface area contributed by atoms with Crippen molar-refractivity contribution in [3.05, 3.63) is 106 Å². The first-order valence-corrected chi connectivity index (χ1v) is 22.8. The van der Waals surface area contributed by atoms with Gasteiger partial charge in [-0.2, -0.15) is 5.10 Å². The predicted molar refractivity (Wildman–Crippen MR) is 247 cm³/mol. The second-order valence-corrected chi connectivity index (χ2v) is 17.9. The average Bonchev–Trinajstić information content (AvgIpc) is 4.04. The summed E-state index contributed by atoms with van der Waals surface area (Å²) in [4.78, 5) is 77.3. The number of likely N-dealkylation sites (tertiary alicyclic amines) is 1. The van der Waals surface area contributed by atoms with Gasteiger partial charge in [-0.1, -0.05) is 17.7 Å². The Morgan fingerprint density at radius 3 is 2.33 bits per heavy atom. The van der Waals surface area contributed by atoms with Crippen LogP contribution in [0.2, 0.25) is 5.02 Å². The van der Waals surface area contributed by atoms with Crippen LogP contribution in [0, 0.1) is 17.5 Å². The summed E-state index contributed by atoms with van der Waals surface area (Å²) in [5.41, 5.74) is 1.64. The van der Waals surface area contributed by atoms with Crippen molar-refractivity contribution in [2.24, 2.45) is 0 Å². The van der Waals surface area contributed by atoms with Crippen LogP contribution in [-0.2, 0) is 16.1 Å². The Labute approximate surface area is 389 Å². The molecule has 0 spiro atoms. The minimum atomic E-state index is -1.10. The summed E-state index contributed by atoms with van der Waals surface area (Å²) in [5.74, 6) is -3.91. The number of piperidine rings is 1. The van der Waals surface area contributed by atoms with Crippen molar-refractivity contribution < 1.29 is 37.1 Å². The minimum absolute atomic E-state index is 0.0296. The van der Waals surface area contributed by atoms with Crippen LogP contribution in [0.25, 0.3) is 27.6 Å². The molecule has 0 saturated carbocycles. The minimum Gasteiger partial charge on any atom is -0.367 e. The lowest BCUT2D eigenvalue weighted by Crippen LogP contribution is -2.54. The molecule has 19 heteroatoms. The summed E-state index contributed by atoms with van der Waals surface area (Å²) in [6, 6.07) is 12.1. The van der Waals surface area contributed by atoms with E-state index in [2.05, 4.69) is 20.3 Å². The van der Waals surface area contributed by atoms with Crippen molar-refractivity contribution in [3.63, 3.8) is 0 Å². The lowest BCUT2D eigenvalue weighted by Gasteiger charge is -2.43. The fourth-order valence-electron chi connectivity index (χ4n) is 9.61. The molecule has 9 rings (SSSR count). The number of amides is 6. The highest BCUT2D eigenvalue weighted by atomic mass is 35.5. The maximum Gasteiger partial charge on any atom is 0.328 e. The van der Waals surface area contributed by atoms with Crippen LogP contribution < -0.4 is 15.1 Å². The van der Waals surface area contributed by atoms with Gasteiger partial charge in [0.05, 0.1) is 21.9 Å². The fraction of sp³-hybridized carbons (Fsp3) is 0.375. The molecule has 3 aromatic carbocycles. The number of imide groups is 1.